The van der Waals surface area contributed by atoms with Crippen molar-refractivity contribution in [2.75, 3.05) is 18.4 Å². The minimum absolute atomic E-state index is 0.134. The van der Waals surface area contributed by atoms with Gasteiger partial charge < -0.3 is 21.1 Å². The largest absolute Gasteiger partial charge is 0.388 e. The highest BCUT2D eigenvalue weighted by molar-refractivity contribution is 5.90. The van der Waals surface area contributed by atoms with Crippen LogP contribution < -0.4 is 16.0 Å². The first kappa shape index (κ1) is 24.4. The van der Waals surface area contributed by atoms with E-state index in [4.69, 9.17) is 0 Å². The number of hydrogen-bond donors (Lipinski definition) is 4. The first-order chi connectivity index (χ1) is 15.0. The Balaban J connectivity index is 1.96. The molecule has 0 aliphatic carbocycles. The predicted molar refractivity (Wildman–Crippen MR) is 125 cm³/mol. The average Bonchev–Trinajstić information content (AvgIpc) is 3.23. The highest BCUT2D eigenvalue weighted by Gasteiger charge is 2.24. The molecule has 2 rings (SSSR count). The molecule has 1 heterocycles. The number of carbonyl (C=O) groups is 1. The predicted octanol–water partition coefficient (Wildman–Crippen LogP) is 2.91. The molecule has 0 aliphatic rings. The van der Waals surface area contributed by atoms with Gasteiger partial charge in [0.1, 0.15) is 6.54 Å². The summed E-state index contributed by atoms with van der Waals surface area (Å²) in [6, 6.07) is 9.43. The van der Waals surface area contributed by atoms with Gasteiger partial charge in [-0.25, -0.2) is 4.99 Å². The molecule has 8 heteroatoms. The number of benzene rings is 1. The smallest absolute Gasteiger partial charge is 0.246 e. The first-order valence-electron chi connectivity index (χ1n) is 11.1. The molecule has 1 aromatic carbocycles. The molecule has 0 bridgehead atoms. The summed E-state index contributed by atoms with van der Waals surface area (Å²) >= 11 is 0. The second-order valence-electron chi connectivity index (χ2n) is 7.73. The monoisotopic (exact) mass is 428 g/mol. The van der Waals surface area contributed by atoms with Crippen molar-refractivity contribution >= 4 is 17.6 Å². The van der Waals surface area contributed by atoms with Crippen LogP contribution in [0.25, 0.3) is 0 Å². The summed E-state index contributed by atoms with van der Waals surface area (Å²) in [6.45, 7) is 8.00. The lowest BCUT2D eigenvalue weighted by atomic mass is 9.93. The summed E-state index contributed by atoms with van der Waals surface area (Å²) in [5.74, 6) is 0.534. The SMILES string of the molecule is CCCC(O)(CCC)CNC(=NCc1cccc(NC(=O)Cn2cccn2)c1)NCC. The van der Waals surface area contributed by atoms with Gasteiger partial charge in [-0.05, 0) is 43.5 Å². The molecule has 4 N–H and O–H groups in total. The zero-order valence-electron chi connectivity index (χ0n) is 18.9. The molecule has 0 atom stereocenters. The Labute approximate surface area is 185 Å². The summed E-state index contributed by atoms with van der Waals surface area (Å²) in [7, 11) is 0. The van der Waals surface area contributed by atoms with Crippen LogP contribution >= 0.6 is 0 Å². The highest BCUT2D eigenvalue weighted by atomic mass is 16.3. The van der Waals surface area contributed by atoms with Crippen molar-refractivity contribution in [1.29, 1.82) is 0 Å². The van der Waals surface area contributed by atoms with E-state index in [0.717, 1.165) is 43.5 Å². The molecule has 0 radical (unpaired) electrons. The van der Waals surface area contributed by atoms with Crippen LogP contribution in [0, 0.1) is 0 Å². The van der Waals surface area contributed by atoms with Crippen molar-refractivity contribution in [2.45, 2.75) is 65.1 Å². The number of nitrogens with zero attached hydrogens (tertiary/aromatic N) is 3. The molecular weight excluding hydrogens is 392 g/mol. The number of aliphatic hydroxyl groups is 1. The Bertz CT molecular complexity index is 813. The number of nitrogens with one attached hydrogen (secondary N) is 3. The Morgan fingerprint density at radius 1 is 1.16 bits per heavy atom. The van der Waals surface area contributed by atoms with Crippen molar-refractivity contribution in [3.05, 3.63) is 48.3 Å². The van der Waals surface area contributed by atoms with Gasteiger partial charge >= 0.3 is 0 Å². The third-order valence-corrected chi connectivity index (χ3v) is 4.86. The molecule has 8 nitrogen and oxygen atoms in total. The molecule has 0 saturated carbocycles. The van der Waals surface area contributed by atoms with Crippen molar-refractivity contribution in [3.8, 4) is 0 Å². The molecule has 0 spiro atoms. The number of anilines is 1. The Kier molecular flexibility index (Phi) is 10.0. The summed E-state index contributed by atoms with van der Waals surface area (Å²) in [6.07, 6.45) is 6.78. The third kappa shape index (κ3) is 8.80. The zero-order chi connectivity index (χ0) is 22.5. The fraction of sp³-hybridized carbons (Fsp3) is 0.522. The van der Waals surface area contributed by atoms with E-state index in [1.807, 2.05) is 31.2 Å². The highest BCUT2D eigenvalue weighted by Crippen LogP contribution is 2.18. The quantitative estimate of drug-likeness (QED) is 0.307. The van der Waals surface area contributed by atoms with Gasteiger partial charge in [0.25, 0.3) is 0 Å². The van der Waals surface area contributed by atoms with Crippen LogP contribution in [0.4, 0.5) is 5.69 Å². The minimum atomic E-state index is -0.724. The van der Waals surface area contributed by atoms with E-state index >= 15 is 0 Å². The molecule has 1 aromatic heterocycles. The van der Waals surface area contributed by atoms with Crippen LogP contribution in [0.5, 0.6) is 0 Å². The number of hydrogen-bond acceptors (Lipinski definition) is 4. The van der Waals surface area contributed by atoms with Crippen molar-refractivity contribution in [1.82, 2.24) is 20.4 Å². The fourth-order valence-corrected chi connectivity index (χ4v) is 3.48. The number of amides is 1. The average molecular weight is 429 g/mol. The minimum Gasteiger partial charge on any atom is -0.388 e. The summed E-state index contributed by atoms with van der Waals surface area (Å²) in [4.78, 5) is 16.8. The van der Waals surface area contributed by atoms with Gasteiger partial charge in [0, 0.05) is 31.2 Å². The number of rotatable bonds is 12. The van der Waals surface area contributed by atoms with E-state index in [1.54, 1.807) is 23.1 Å². The maximum atomic E-state index is 12.2. The molecule has 0 unspecified atom stereocenters. The van der Waals surface area contributed by atoms with Crippen LogP contribution in [0.2, 0.25) is 0 Å². The molecule has 31 heavy (non-hydrogen) atoms. The summed E-state index contributed by atoms with van der Waals surface area (Å²) in [5.41, 5.74) is 0.980. The van der Waals surface area contributed by atoms with Gasteiger partial charge in [-0.3, -0.25) is 9.48 Å². The first-order valence-corrected chi connectivity index (χ1v) is 11.1. The Hall–Kier alpha value is -2.87. The molecule has 0 fully saturated rings. The number of aliphatic imine (C=N–C) groups is 1. The molecule has 2 aromatic rings. The standard InChI is InChI=1S/C23H36N6O2/c1-4-11-23(31,12-5-2)18-26-22(24-6-3)25-16-19-9-7-10-20(15-19)28-21(30)17-29-14-8-13-27-29/h7-10,13-15,31H,4-6,11-12,16-18H2,1-3H3,(H,28,30)(H2,24,25,26). The van der Waals surface area contributed by atoms with Gasteiger partial charge in [0.15, 0.2) is 5.96 Å². The van der Waals surface area contributed by atoms with Gasteiger partial charge in [-0.15, -0.1) is 0 Å². The van der Waals surface area contributed by atoms with Gasteiger partial charge in [-0.1, -0.05) is 38.8 Å². The van der Waals surface area contributed by atoms with Crippen molar-refractivity contribution in [2.24, 2.45) is 4.99 Å². The van der Waals surface area contributed by atoms with Crippen LogP contribution in [0.3, 0.4) is 0 Å². The Morgan fingerprint density at radius 2 is 1.94 bits per heavy atom. The summed E-state index contributed by atoms with van der Waals surface area (Å²) in [5, 5.41) is 24.3. The van der Waals surface area contributed by atoms with Gasteiger partial charge in [0.2, 0.25) is 5.91 Å². The number of carbonyl (C=O) groups excluding carboxylic acids is 1. The van der Waals surface area contributed by atoms with Crippen LogP contribution in [-0.4, -0.2) is 45.4 Å². The van der Waals surface area contributed by atoms with E-state index in [1.165, 1.54) is 0 Å². The van der Waals surface area contributed by atoms with Gasteiger partial charge in [-0.2, -0.15) is 5.10 Å². The number of guanidine groups is 1. The molecular formula is C23H36N6O2. The fourth-order valence-electron chi connectivity index (χ4n) is 3.48. The van der Waals surface area contributed by atoms with Crippen molar-refractivity contribution in [3.63, 3.8) is 0 Å². The third-order valence-electron chi connectivity index (χ3n) is 4.86. The van der Waals surface area contributed by atoms with Crippen LogP contribution in [0.15, 0.2) is 47.7 Å². The molecule has 0 aliphatic heterocycles. The summed E-state index contributed by atoms with van der Waals surface area (Å²) < 4.78 is 1.58. The Morgan fingerprint density at radius 3 is 2.58 bits per heavy atom. The topological polar surface area (TPSA) is 104 Å². The van der Waals surface area contributed by atoms with E-state index in [2.05, 4.69) is 39.9 Å². The van der Waals surface area contributed by atoms with Crippen LogP contribution in [-0.2, 0) is 17.9 Å². The number of aromatic nitrogens is 2. The molecule has 170 valence electrons. The maximum Gasteiger partial charge on any atom is 0.246 e. The zero-order valence-corrected chi connectivity index (χ0v) is 18.9. The van der Waals surface area contributed by atoms with Crippen molar-refractivity contribution < 1.29 is 9.90 Å². The normalized spacial score (nSPS) is 11.9. The van der Waals surface area contributed by atoms with E-state index < -0.39 is 5.60 Å². The lowest BCUT2D eigenvalue weighted by molar-refractivity contribution is -0.116. The van der Waals surface area contributed by atoms with E-state index in [0.29, 0.717) is 19.0 Å². The van der Waals surface area contributed by atoms with Gasteiger partial charge in [0.05, 0.1) is 12.1 Å². The molecule has 0 saturated heterocycles. The lowest BCUT2D eigenvalue weighted by Crippen LogP contribution is -2.47. The van der Waals surface area contributed by atoms with E-state index in [9.17, 15) is 9.90 Å². The maximum absolute atomic E-state index is 12.2. The second kappa shape index (κ2) is 12.7. The second-order valence-corrected chi connectivity index (χ2v) is 7.73. The molecule has 1 amide bonds. The van der Waals surface area contributed by atoms with E-state index in [-0.39, 0.29) is 12.5 Å². The lowest BCUT2D eigenvalue weighted by Gasteiger charge is -2.28. The van der Waals surface area contributed by atoms with Crippen LogP contribution in [0.1, 0.15) is 52.0 Å².